The van der Waals surface area contributed by atoms with Gasteiger partial charge in [-0.3, -0.25) is 9.59 Å². The smallest absolute Gasteiger partial charge is 0.306 e. The number of rotatable bonds is 39. The van der Waals surface area contributed by atoms with Crippen LogP contribution in [0, 0.1) is 0 Å². The van der Waals surface area contributed by atoms with Crippen LogP contribution in [0.15, 0.2) is 97.2 Å². The Kier molecular flexibility index (Phi) is 38.4. The molecule has 0 N–H and O–H groups in total. The van der Waals surface area contributed by atoms with Crippen LogP contribution >= 0.6 is 0 Å². The summed E-state index contributed by atoms with van der Waals surface area (Å²) in [6, 6.07) is -0.742. The van der Waals surface area contributed by atoms with E-state index in [1.165, 1.54) is 32.1 Å². The number of allylic oxidation sites excluding steroid dienone is 16. The van der Waals surface area contributed by atoms with Gasteiger partial charge < -0.3 is 28.6 Å². The van der Waals surface area contributed by atoms with Gasteiger partial charge in [0, 0.05) is 19.3 Å². The quantitative estimate of drug-likeness (QED) is 0.0263. The number of nitrogens with zero attached hydrogens (tertiary/aromatic N) is 1. The summed E-state index contributed by atoms with van der Waals surface area (Å²) < 4.78 is 17.1. The molecule has 0 aromatic heterocycles. The molecule has 0 radical (unpaired) electrons. The Morgan fingerprint density at radius 3 is 1.47 bits per heavy atom. The summed E-state index contributed by atoms with van der Waals surface area (Å²) in [5.74, 6) is -1.84. The fraction of sp³-hybridized carbons (Fsp3) is 0.627. The molecule has 2 unspecified atom stereocenters. The van der Waals surface area contributed by atoms with Crippen LogP contribution in [0.25, 0.3) is 0 Å². The number of quaternary nitrogens is 1. The lowest BCUT2D eigenvalue weighted by molar-refractivity contribution is -0.889. The second-order valence-corrected chi connectivity index (χ2v) is 15.9. The fourth-order valence-electron chi connectivity index (χ4n) is 5.93. The van der Waals surface area contributed by atoms with Crippen LogP contribution in [0.2, 0.25) is 0 Å². The Morgan fingerprint density at radius 1 is 0.525 bits per heavy atom. The number of hydrogen-bond acceptors (Lipinski definition) is 7. The first-order chi connectivity index (χ1) is 28.6. The minimum absolute atomic E-state index is 0.00877. The summed E-state index contributed by atoms with van der Waals surface area (Å²) in [7, 11) is 5.37. The Hall–Kier alpha value is -3.75. The number of aliphatic carboxylic acids is 1. The van der Waals surface area contributed by atoms with Crippen molar-refractivity contribution in [1.82, 2.24) is 0 Å². The predicted molar refractivity (Wildman–Crippen MR) is 245 cm³/mol. The van der Waals surface area contributed by atoms with Gasteiger partial charge >= 0.3 is 11.9 Å². The molecule has 0 aromatic carbocycles. The van der Waals surface area contributed by atoms with E-state index in [9.17, 15) is 19.5 Å². The standard InChI is InChI=1S/C51H83NO7/c1-6-8-10-12-14-16-18-20-21-22-23-24-25-26-27-28-29-30-32-34-36-38-40-42-50(54)59-47(45-57-44-43-48(51(55)56)52(3,4)5)46-58-49(53)41-39-37-35-33-31-19-17-15-13-11-9-7-2/h8,10,14-17,20-21,23-24,26-27,29-30,34,36,47-48H,6-7,9,11-13,18-19,22,25,28,31-33,35,37-46H2,1-5H3/b10-8+,16-14+,17-15+,21-20+,24-23+,27-26+,30-29+,36-34+. The van der Waals surface area contributed by atoms with Gasteiger partial charge in [0.25, 0.3) is 0 Å². The highest BCUT2D eigenvalue weighted by molar-refractivity contribution is 5.70. The third kappa shape index (κ3) is 39.5. The number of carboxylic acids is 1. The third-order valence-electron chi connectivity index (χ3n) is 9.45. The number of carbonyl (C=O) groups is 3. The van der Waals surface area contributed by atoms with Crippen molar-refractivity contribution in [2.45, 2.75) is 167 Å². The van der Waals surface area contributed by atoms with Crippen molar-refractivity contribution in [2.24, 2.45) is 0 Å². The first kappa shape index (κ1) is 55.2. The van der Waals surface area contributed by atoms with Gasteiger partial charge in [-0.25, -0.2) is 0 Å². The van der Waals surface area contributed by atoms with E-state index in [-0.39, 0.29) is 49.1 Å². The molecule has 0 aliphatic heterocycles. The average molecular weight is 822 g/mol. The minimum atomic E-state index is -1.14. The van der Waals surface area contributed by atoms with Gasteiger partial charge in [0.2, 0.25) is 0 Å². The Balaban J connectivity index is 4.45. The molecular weight excluding hydrogens is 739 g/mol. The van der Waals surface area contributed by atoms with Crippen LogP contribution in [-0.2, 0) is 28.6 Å². The fourth-order valence-corrected chi connectivity index (χ4v) is 5.93. The van der Waals surface area contributed by atoms with E-state index < -0.39 is 18.1 Å². The number of likely N-dealkylation sites (N-methyl/N-ethyl adjacent to an activating group) is 1. The van der Waals surface area contributed by atoms with Gasteiger partial charge in [0.05, 0.1) is 40.3 Å². The van der Waals surface area contributed by atoms with E-state index in [2.05, 4.69) is 111 Å². The normalized spacial score (nSPS) is 13.8. The third-order valence-corrected chi connectivity index (χ3v) is 9.45. The molecule has 0 aromatic rings. The lowest BCUT2D eigenvalue weighted by Crippen LogP contribution is -2.55. The second kappa shape index (κ2) is 41.0. The van der Waals surface area contributed by atoms with Crippen molar-refractivity contribution in [3.63, 3.8) is 0 Å². The van der Waals surface area contributed by atoms with Crippen molar-refractivity contribution in [2.75, 3.05) is 41.0 Å². The molecule has 0 saturated heterocycles. The SMILES string of the molecule is CC/C=C/C/C=C/C/C=C/C/C=C/C/C=C/C/C=C/C/C=C/CCCC(=O)OC(COCCC(C(=O)[O-])[N+](C)(C)C)COC(=O)CCCCCCC/C=C/CCCCC. The van der Waals surface area contributed by atoms with Crippen LogP contribution < -0.4 is 5.11 Å². The molecule has 0 rings (SSSR count). The van der Waals surface area contributed by atoms with E-state index in [0.29, 0.717) is 12.8 Å². The van der Waals surface area contributed by atoms with Gasteiger partial charge in [-0.1, -0.05) is 143 Å². The molecule has 0 saturated carbocycles. The molecule has 0 fully saturated rings. The summed E-state index contributed by atoms with van der Waals surface area (Å²) in [6.45, 7) is 4.43. The van der Waals surface area contributed by atoms with Crippen LogP contribution in [0.3, 0.4) is 0 Å². The zero-order valence-corrected chi connectivity index (χ0v) is 37.9. The number of ether oxygens (including phenoxy) is 3. The largest absolute Gasteiger partial charge is 0.544 e. The Bertz CT molecular complexity index is 1280. The van der Waals surface area contributed by atoms with E-state index in [4.69, 9.17) is 14.2 Å². The molecule has 0 aliphatic rings. The number of esters is 2. The van der Waals surface area contributed by atoms with Gasteiger partial charge in [0.1, 0.15) is 12.6 Å². The van der Waals surface area contributed by atoms with Gasteiger partial charge in [-0.15, -0.1) is 0 Å². The molecule has 0 bridgehead atoms. The first-order valence-electron chi connectivity index (χ1n) is 22.8. The van der Waals surface area contributed by atoms with Gasteiger partial charge in [-0.05, 0) is 89.9 Å². The summed E-state index contributed by atoms with van der Waals surface area (Å²) in [6.07, 6.45) is 54.4. The van der Waals surface area contributed by atoms with Gasteiger partial charge in [-0.2, -0.15) is 0 Å². The average Bonchev–Trinajstić information content (AvgIpc) is 3.19. The lowest BCUT2D eigenvalue weighted by atomic mass is 10.1. The summed E-state index contributed by atoms with van der Waals surface area (Å²) in [4.78, 5) is 36.8. The lowest BCUT2D eigenvalue weighted by Gasteiger charge is -2.34. The van der Waals surface area contributed by atoms with Crippen molar-refractivity contribution in [3.8, 4) is 0 Å². The second-order valence-electron chi connectivity index (χ2n) is 15.9. The van der Waals surface area contributed by atoms with Crippen molar-refractivity contribution in [3.05, 3.63) is 97.2 Å². The van der Waals surface area contributed by atoms with Crippen molar-refractivity contribution < 1.29 is 38.2 Å². The number of hydrogen-bond donors (Lipinski definition) is 0. The molecule has 2 atom stereocenters. The minimum Gasteiger partial charge on any atom is -0.544 e. The maximum atomic E-state index is 12.7. The number of unbranched alkanes of at least 4 members (excludes halogenated alkanes) is 9. The molecule has 8 nitrogen and oxygen atoms in total. The Labute approximate surface area is 360 Å². The molecule has 59 heavy (non-hydrogen) atoms. The Morgan fingerprint density at radius 2 is 0.966 bits per heavy atom. The topological polar surface area (TPSA) is 102 Å². The molecule has 334 valence electrons. The van der Waals surface area contributed by atoms with Crippen molar-refractivity contribution >= 4 is 17.9 Å². The predicted octanol–water partition coefficient (Wildman–Crippen LogP) is 11.4. The van der Waals surface area contributed by atoms with Crippen molar-refractivity contribution in [1.29, 1.82) is 0 Å². The van der Waals surface area contributed by atoms with Crippen LogP contribution in [-0.4, -0.2) is 75.5 Å². The molecule has 0 aliphatic carbocycles. The number of carbonyl (C=O) groups excluding carboxylic acids is 3. The van der Waals surface area contributed by atoms with Gasteiger partial charge in [0.15, 0.2) is 6.10 Å². The maximum absolute atomic E-state index is 12.7. The number of carboxylic acid groups (broad SMARTS) is 1. The maximum Gasteiger partial charge on any atom is 0.306 e. The summed E-state index contributed by atoms with van der Waals surface area (Å²) in [5, 5.41) is 11.6. The summed E-state index contributed by atoms with van der Waals surface area (Å²) >= 11 is 0. The zero-order chi connectivity index (χ0) is 43.5. The molecule has 0 spiro atoms. The summed E-state index contributed by atoms with van der Waals surface area (Å²) in [5.41, 5.74) is 0. The van der Waals surface area contributed by atoms with E-state index in [1.54, 1.807) is 21.1 Å². The molecule has 8 heteroatoms. The molecule has 0 heterocycles. The highest BCUT2D eigenvalue weighted by Gasteiger charge is 2.25. The van der Waals surface area contributed by atoms with E-state index >= 15 is 0 Å². The monoisotopic (exact) mass is 822 g/mol. The van der Waals surface area contributed by atoms with Crippen LogP contribution in [0.1, 0.15) is 155 Å². The highest BCUT2D eigenvalue weighted by Crippen LogP contribution is 2.12. The van der Waals surface area contributed by atoms with E-state index in [1.807, 2.05) is 0 Å². The molecular formula is C51H83NO7. The molecule has 0 amide bonds. The zero-order valence-electron chi connectivity index (χ0n) is 37.9. The van der Waals surface area contributed by atoms with E-state index in [0.717, 1.165) is 83.5 Å². The first-order valence-corrected chi connectivity index (χ1v) is 22.8. The van der Waals surface area contributed by atoms with Crippen LogP contribution in [0.5, 0.6) is 0 Å². The highest BCUT2D eigenvalue weighted by atomic mass is 16.6. The van der Waals surface area contributed by atoms with Crippen LogP contribution in [0.4, 0.5) is 0 Å².